The molecule has 3 N–H and O–H groups in total. The number of amides is 3. The topological polar surface area (TPSA) is 109 Å². The molecule has 6 unspecified atom stereocenters. The molecule has 36 heavy (non-hydrogen) atoms. The van der Waals surface area contributed by atoms with Crippen molar-refractivity contribution in [1.82, 2.24) is 20.9 Å². The van der Waals surface area contributed by atoms with E-state index in [-0.39, 0.29) is 60.4 Å². The van der Waals surface area contributed by atoms with Crippen LogP contribution in [0.2, 0.25) is 0 Å². The van der Waals surface area contributed by atoms with Gasteiger partial charge in [-0.3, -0.25) is 14.4 Å². The Morgan fingerprint density at radius 2 is 1.67 bits per heavy atom. The van der Waals surface area contributed by atoms with Gasteiger partial charge in [0.05, 0.1) is 30.8 Å². The molecule has 0 saturated carbocycles. The average molecular weight is 515 g/mol. The Labute approximate surface area is 219 Å². The molecule has 6 atom stereocenters. The summed E-state index contributed by atoms with van der Waals surface area (Å²) in [4.78, 5) is 38.2. The van der Waals surface area contributed by atoms with Crippen LogP contribution in [0.5, 0.6) is 0 Å². The predicted molar refractivity (Wildman–Crippen MR) is 145 cm³/mol. The van der Waals surface area contributed by atoms with Crippen LogP contribution in [0.1, 0.15) is 67.2 Å². The summed E-state index contributed by atoms with van der Waals surface area (Å²) in [5.74, 6) is 0.495. The molecular weight excluding hydrogens is 460 g/mol. The molecule has 9 nitrogen and oxygen atoms in total. The van der Waals surface area contributed by atoms with Crippen LogP contribution in [0, 0.1) is 23.7 Å². The zero-order valence-corrected chi connectivity index (χ0v) is 24.4. The van der Waals surface area contributed by atoms with Crippen molar-refractivity contribution in [1.29, 1.82) is 0 Å². The van der Waals surface area contributed by atoms with Gasteiger partial charge in [0.25, 0.3) is 0 Å². The summed E-state index contributed by atoms with van der Waals surface area (Å²) in [6.45, 7) is 13.0. The van der Waals surface area contributed by atoms with E-state index in [0.717, 1.165) is 32.1 Å². The van der Waals surface area contributed by atoms with Crippen LogP contribution in [0.4, 0.5) is 0 Å². The number of hydrogen-bond donors (Lipinski definition) is 3. The standard InChI is InChI=1S/C27H54N4O5/c1-11-20(6)25(31(8)23(33)16-30-27(34)24(28-7)18(2)3)22(35-9)15-21(13-12-14-29-17-32)26(36-10)19(4)5/h17-22,24-26,28H,11-16H2,1-10H3,(H,29,32)(H,30,34). The van der Waals surface area contributed by atoms with Gasteiger partial charge in [0, 0.05) is 27.8 Å². The molecule has 0 fully saturated rings. The molecular formula is C27H54N4O5. The average Bonchev–Trinajstić information content (AvgIpc) is 2.84. The molecule has 0 aromatic rings. The molecule has 0 aliphatic heterocycles. The number of rotatable bonds is 20. The Bertz CT molecular complexity index is 631. The van der Waals surface area contributed by atoms with E-state index in [2.05, 4.69) is 43.6 Å². The summed E-state index contributed by atoms with van der Waals surface area (Å²) < 4.78 is 11.9. The van der Waals surface area contributed by atoms with Gasteiger partial charge in [0.1, 0.15) is 0 Å². The zero-order valence-electron chi connectivity index (χ0n) is 24.4. The fourth-order valence-corrected chi connectivity index (χ4v) is 5.19. The number of carbonyl (C=O) groups excluding carboxylic acids is 3. The molecule has 0 rings (SSSR count). The maximum Gasteiger partial charge on any atom is 0.242 e. The summed E-state index contributed by atoms with van der Waals surface area (Å²) >= 11 is 0. The van der Waals surface area contributed by atoms with Gasteiger partial charge in [-0.25, -0.2) is 0 Å². The van der Waals surface area contributed by atoms with Crippen LogP contribution in [0.3, 0.4) is 0 Å². The lowest BCUT2D eigenvalue weighted by atomic mass is 9.81. The minimum atomic E-state index is -0.350. The third-order valence-corrected chi connectivity index (χ3v) is 7.33. The fourth-order valence-electron chi connectivity index (χ4n) is 5.19. The van der Waals surface area contributed by atoms with Crippen molar-refractivity contribution in [2.75, 3.05) is 41.4 Å². The highest BCUT2D eigenvalue weighted by Crippen LogP contribution is 2.30. The monoisotopic (exact) mass is 514 g/mol. The SMILES string of the molecule is CCC(C)C(C(CC(CCCNC=O)C(OC)C(C)C)OC)N(C)C(=O)CNC(=O)C(NC)C(C)C. The van der Waals surface area contributed by atoms with Crippen molar-refractivity contribution in [2.24, 2.45) is 23.7 Å². The number of hydrogen-bond acceptors (Lipinski definition) is 6. The summed E-state index contributed by atoms with van der Waals surface area (Å²) in [6.07, 6.45) is 3.87. The van der Waals surface area contributed by atoms with Gasteiger partial charge in [0.2, 0.25) is 18.2 Å². The van der Waals surface area contributed by atoms with Gasteiger partial charge >= 0.3 is 0 Å². The number of nitrogens with one attached hydrogen (secondary N) is 3. The van der Waals surface area contributed by atoms with Crippen molar-refractivity contribution in [2.45, 2.75) is 91.5 Å². The largest absolute Gasteiger partial charge is 0.381 e. The second-order valence-corrected chi connectivity index (χ2v) is 10.5. The summed E-state index contributed by atoms with van der Waals surface area (Å²) in [7, 11) is 6.98. The van der Waals surface area contributed by atoms with Gasteiger partial charge < -0.3 is 30.3 Å². The highest BCUT2D eigenvalue weighted by molar-refractivity contribution is 5.87. The zero-order chi connectivity index (χ0) is 27.8. The molecule has 0 aromatic heterocycles. The quantitative estimate of drug-likeness (QED) is 0.170. The smallest absolute Gasteiger partial charge is 0.242 e. The van der Waals surface area contributed by atoms with E-state index in [9.17, 15) is 14.4 Å². The molecule has 0 spiro atoms. The maximum atomic E-state index is 13.2. The van der Waals surface area contributed by atoms with E-state index in [1.807, 2.05) is 13.8 Å². The molecule has 212 valence electrons. The predicted octanol–water partition coefficient (Wildman–Crippen LogP) is 2.44. The molecule has 0 radical (unpaired) electrons. The van der Waals surface area contributed by atoms with Gasteiger partial charge in [0.15, 0.2) is 0 Å². The highest BCUT2D eigenvalue weighted by Gasteiger charge is 2.36. The molecule has 0 heterocycles. The molecule has 9 heteroatoms. The van der Waals surface area contributed by atoms with Crippen LogP contribution in [0.15, 0.2) is 0 Å². The van der Waals surface area contributed by atoms with Crippen LogP contribution < -0.4 is 16.0 Å². The van der Waals surface area contributed by atoms with E-state index in [1.165, 1.54) is 0 Å². The van der Waals surface area contributed by atoms with Crippen molar-refractivity contribution in [3.05, 3.63) is 0 Å². The normalized spacial score (nSPS) is 16.7. The van der Waals surface area contributed by atoms with Crippen molar-refractivity contribution in [3.63, 3.8) is 0 Å². The van der Waals surface area contributed by atoms with Crippen LogP contribution in [0.25, 0.3) is 0 Å². The van der Waals surface area contributed by atoms with Gasteiger partial charge in [-0.1, -0.05) is 48.0 Å². The third-order valence-electron chi connectivity index (χ3n) is 7.33. The minimum Gasteiger partial charge on any atom is -0.381 e. The van der Waals surface area contributed by atoms with Crippen LogP contribution >= 0.6 is 0 Å². The van der Waals surface area contributed by atoms with Crippen molar-refractivity contribution >= 4 is 18.2 Å². The lowest BCUT2D eigenvalue weighted by molar-refractivity contribution is -0.139. The van der Waals surface area contributed by atoms with Crippen LogP contribution in [-0.2, 0) is 23.9 Å². The molecule has 0 saturated heterocycles. The van der Waals surface area contributed by atoms with E-state index in [4.69, 9.17) is 9.47 Å². The first-order valence-electron chi connectivity index (χ1n) is 13.4. The van der Waals surface area contributed by atoms with E-state index in [0.29, 0.717) is 12.5 Å². The molecule has 0 aromatic carbocycles. The first kappa shape index (κ1) is 34.3. The molecule has 0 aliphatic carbocycles. The van der Waals surface area contributed by atoms with Gasteiger partial charge in [-0.2, -0.15) is 0 Å². The number of ether oxygens (including phenoxy) is 2. The summed E-state index contributed by atoms with van der Waals surface area (Å²) in [6, 6.07) is -0.508. The lowest BCUT2D eigenvalue weighted by Crippen LogP contribution is -2.54. The first-order valence-corrected chi connectivity index (χ1v) is 13.4. The number of likely N-dealkylation sites (N-methyl/N-ethyl adjacent to an activating group) is 2. The second kappa shape index (κ2) is 18.5. The highest BCUT2D eigenvalue weighted by atomic mass is 16.5. The van der Waals surface area contributed by atoms with E-state index in [1.54, 1.807) is 33.2 Å². The van der Waals surface area contributed by atoms with E-state index < -0.39 is 0 Å². The molecule has 3 amide bonds. The summed E-state index contributed by atoms with van der Waals surface area (Å²) in [5.41, 5.74) is 0. The number of nitrogens with zero attached hydrogens (tertiary/aromatic N) is 1. The molecule has 0 bridgehead atoms. The second-order valence-electron chi connectivity index (χ2n) is 10.5. The number of carbonyl (C=O) groups is 3. The lowest BCUT2D eigenvalue weighted by Gasteiger charge is -2.40. The summed E-state index contributed by atoms with van der Waals surface area (Å²) in [5, 5.41) is 8.55. The fraction of sp³-hybridized carbons (Fsp3) is 0.889. The Morgan fingerprint density at radius 3 is 2.11 bits per heavy atom. The van der Waals surface area contributed by atoms with Gasteiger partial charge in [-0.15, -0.1) is 0 Å². The Balaban J connectivity index is 5.68. The first-order chi connectivity index (χ1) is 17.0. The number of methoxy groups -OCH3 is 2. The minimum absolute atomic E-state index is 0.0336. The maximum absolute atomic E-state index is 13.2. The molecule has 0 aliphatic rings. The van der Waals surface area contributed by atoms with Crippen molar-refractivity contribution in [3.8, 4) is 0 Å². The Kier molecular flexibility index (Phi) is 17.6. The Morgan fingerprint density at radius 1 is 1.03 bits per heavy atom. The Hall–Kier alpha value is -1.71. The van der Waals surface area contributed by atoms with Gasteiger partial charge in [-0.05, 0) is 50.0 Å². The van der Waals surface area contributed by atoms with Crippen molar-refractivity contribution < 1.29 is 23.9 Å². The van der Waals surface area contributed by atoms with E-state index >= 15 is 0 Å². The van der Waals surface area contributed by atoms with Crippen LogP contribution in [-0.4, -0.2) is 88.8 Å². The third kappa shape index (κ3) is 11.1.